The summed E-state index contributed by atoms with van der Waals surface area (Å²) < 4.78 is 50.3. The number of nitrogens with one attached hydrogen (secondary N) is 1. The maximum atomic E-state index is 12.8. The molecule has 0 fully saturated rings. The molecule has 5 rings (SSSR count). The predicted octanol–water partition coefficient (Wildman–Crippen LogP) is 12.9. The molecule has 0 amide bonds. The summed E-state index contributed by atoms with van der Waals surface area (Å²) in [5, 5.41) is 6.12. The molecule has 0 aliphatic heterocycles. The van der Waals surface area contributed by atoms with Crippen LogP contribution in [-0.4, -0.2) is 82.5 Å². The third-order valence-corrected chi connectivity index (χ3v) is 13.7. The molecule has 0 saturated carbocycles. The summed E-state index contributed by atoms with van der Waals surface area (Å²) in [4.78, 5) is 8.14. The van der Waals surface area contributed by atoms with Crippen molar-refractivity contribution in [3.05, 3.63) is 75.9 Å². The average molecular weight is 982 g/mol. The Morgan fingerprint density at radius 1 is 0.750 bits per heavy atom. The average Bonchev–Trinajstić information content (AvgIpc) is 3.67. The van der Waals surface area contributed by atoms with Crippen molar-refractivity contribution in [2.75, 3.05) is 38.6 Å². The van der Waals surface area contributed by atoms with Gasteiger partial charge in [-0.2, -0.15) is 5.10 Å². The first-order chi connectivity index (χ1) is 26.2. The molecule has 0 spiro atoms. The third-order valence-electron chi connectivity index (χ3n) is 7.88. The molecule has 0 aliphatic carbocycles. The van der Waals surface area contributed by atoms with E-state index in [4.69, 9.17) is 52.2 Å². The SMILES string of the molecule is CCOCC[Si](C)(C)C.C[Si](C)(C)CCOCOc1cc(F)cc(F)c1.C[Si](C)(C)CCOCn1nc(-c2nc3ccccc3[nH]2)c2cc(I)ccc21.ClCCl. The number of alkyl halides is 2. The minimum absolute atomic E-state index is 0.0212. The zero-order chi connectivity index (χ0) is 41.9. The number of aromatic amines is 1. The van der Waals surface area contributed by atoms with E-state index in [2.05, 4.69) is 105 Å². The fourth-order valence-corrected chi connectivity index (χ4v) is 7.46. The highest BCUT2D eigenvalue weighted by Gasteiger charge is 2.17. The lowest BCUT2D eigenvalue weighted by Crippen LogP contribution is -2.22. The summed E-state index contributed by atoms with van der Waals surface area (Å²) in [6, 6.07) is 21.0. The summed E-state index contributed by atoms with van der Waals surface area (Å²) in [6.45, 7) is 26.7. The first-order valence-corrected chi connectivity index (χ1v) is 32.1. The van der Waals surface area contributed by atoms with E-state index in [1.165, 1.54) is 9.61 Å². The van der Waals surface area contributed by atoms with Crippen molar-refractivity contribution in [3.8, 4) is 17.3 Å². The normalized spacial score (nSPS) is 11.7. The van der Waals surface area contributed by atoms with E-state index in [-0.39, 0.29) is 17.9 Å². The van der Waals surface area contributed by atoms with Crippen LogP contribution in [0.15, 0.2) is 60.7 Å². The fraction of sp³-hybridized carbons (Fsp3) is 0.500. The van der Waals surface area contributed by atoms with Crippen LogP contribution in [0, 0.1) is 15.2 Å². The van der Waals surface area contributed by atoms with Gasteiger partial charge < -0.3 is 23.9 Å². The van der Waals surface area contributed by atoms with Crippen molar-refractivity contribution in [1.29, 1.82) is 0 Å². The minimum atomic E-state index is -1.10. The lowest BCUT2D eigenvalue weighted by molar-refractivity contribution is 0.0217. The molecule has 16 heteroatoms. The van der Waals surface area contributed by atoms with Crippen LogP contribution in [0.4, 0.5) is 8.78 Å². The molecular formula is C40H61Cl2F2IN4O4Si3. The zero-order valence-electron chi connectivity index (χ0n) is 34.7. The summed E-state index contributed by atoms with van der Waals surface area (Å²) in [5.74, 6) is -0.358. The number of para-hydroxylation sites is 2. The Hall–Kier alpha value is -1.90. The summed E-state index contributed by atoms with van der Waals surface area (Å²) >= 11 is 11.9. The van der Waals surface area contributed by atoms with Crippen molar-refractivity contribution in [2.45, 2.75) is 90.7 Å². The van der Waals surface area contributed by atoms with Crippen LogP contribution in [0.1, 0.15) is 6.92 Å². The predicted molar refractivity (Wildman–Crippen MR) is 249 cm³/mol. The summed E-state index contributed by atoms with van der Waals surface area (Å²) in [5.41, 5.74) is 3.91. The Morgan fingerprint density at radius 3 is 1.86 bits per heavy atom. The van der Waals surface area contributed by atoms with E-state index in [0.29, 0.717) is 13.3 Å². The maximum absolute atomic E-state index is 12.8. The zero-order valence-corrected chi connectivity index (χ0v) is 41.4. The highest BCUT2D eigenvalue weighted by Crippen LogP contribution is 2.29. The number of halogens is 5. The number of imidazole rings is 1. The molecule has 312 valence electrons. The summed E-state index contributed by atoms with van der Waals surface area (Å²) in [6.07, 6.45) is 0. The van der Waals surface area contributed by atoms with Gasteiger partial charge in [-0.1, -0.05) is 71.1 Å². The molecular weight excluding hydrogens is 921 g/mol. The number of hydrogen-bond acceptors (Lipinski definition) is 6. The Morgan fingerprint density at radius 2 is 1.30 bits per heavy atom. The molecule has 1 N–H and O–H groups in total. The minimum Gasteiger partial charge on any atom is -0.467 e. The molecule has 5 aromatic rings. The van der Waals surface area contributed by atoms with Gasteiger partial charge in [0.25, 0.3) is 0 Å². The maximum Gasteiger partial charge on any atom is 0.189 e. The molecule has 0 atom stereocenters. The largest absolute Gasteiger partial charge is 0.467 e. The van der Waals surface area contributed by atoms with Crippen LogP contribution >= 0.6 is 45.8 Å². The van der Waals surface area contributed by atoms with Gasteiger partial charge >= 0.3 is 0 Å². The molecule has 3 aromatic carbocycles. The van der Waals surface area contributed by atoms with E-state index in [9.17, 15) is 8.78 Å². The topological polar surface area (TPSA) is 83.4 Å². The van der Waals surface area contributed by atoms with Gasteiger partial charge in [0.1, 0.15) is 29.8 Å². The van der Waals surface area contributed by atoms with Crippen molar-refractivity contribution in [1.82, 2.24) is 19.7 Å². The van der Waals surface area contributed by atoms with Gasteiger partial charge in [-0.15, -0.1) is 23.2 Å². The first kappa shape index (κ1) is 50.2. The first-order valence-electron chi connectivity index (χ1n) is 18.8. The molecule has 2 heterocycles. The number of fused-ring (bicyclic) bond motifs is 2. The quantitative estimate of drug-likeness (QED) is 0.0349. The highest BCUT2D eigenvalue weighted by atomic mass is 127. The Balaban J connectivity index is 0.000000319. The van der Waals surface area contributed by atoms with Gasteiger partial charge in [0, 0.05) is 77.8 Å². The molecule has 2 aromatic heterocycles. The number of nitrogens with zero attached hydrogens (tertiary/aromatic N) is 3. The Bertz CT molecular complexity index is 1830. The second kappa shape index (κ2) is 24.9. The smallest absolute Gasteiger partial charge is 0.189 e. The van der Waals surface area contributed by atoms with Crippen molar-refractivity contribution < 1.29 is 27.7 Å². The van der Waals surface area contributed by atoms with Gasteiger partial charge in [-0.3, -0.25) is 0 Å². The van der Waals surface area contributed by atoms with Crippen LogP contribution in [-0.2, 0) is 20.9 Å². The molecule has 0 radical (unpaired) electrons. The van der Waals surface area contributed by atoms with E-state index in [1.54, 1.807) is 0 Å². The lowest BCUT2D eigenvalue weighted by atomic mass is 10.2. The van der Waals surface area contributed by atoms with Gasteiger partial charge in [0.15, 0.2) is 12.6 Å². The van der Waals surface area contributed by atoms with Crippen LogP contribution < -0.4 is 4.74 Å². The lowest BCUT2D eigenvalue weighted by Gasteiger charge is -2.15. The third kappa shape index (κ3) is 20.7. The molecule has 8 nitrogen and oxygen atoms in total. The van der Waals surface area contributed by atoms with Crippen LogP contribution in [0.3, 0.4) is 0 Å². The second-order valence-corrected chi connectivity index (χ2v) is 35.6. The van der Waals surface area contributed by atoms with Gasteiger partial charge in [0.2, 0.25) is 0 Å². The number of aromatic nitrogens is 4. The highest BCUT2D eigenvalue weighted by molar-refractivity contribution is 14.1. The number of H-pyrrole nitrogens is 1. The van der Waals surface area contributed by atoms with Crippen molar-refractivity contribution >= 4 is 92.0 Å². The fourth-order valence-electron chi connectivity index (χ4n) is 4.70. The van der Waals surface area contributed by atoms with Crippen LogP contribution in [0.25, 0.3) is 33.5 Å². The van der Waals surface area contributed by atoms with Crippen molar-refractivity contribution in [3.63, 3.8) is 0 Å². The number of benzene rings is 3. The number of ether oxygens (including phenoxy) is 4. The van der Waals surface area contributed by atoms with Gasteiger partial charge in [-0.25, -0.2) is 18.4 Å². The molecule has 0 bridgehead atoms. The van der Waals surface area contributed by atoms with Crippen LogP contribution in [0.2, 0.25) is 77.1 Å². The van der Waals surface area contributed by atoms with E-state index < -0.39 is 35.9 Å². The number of rotatable bonds is 16. The summed E-state index contributed by atoms with van der Waals surface area (Å²) in [7, 11) is -3.02. The van der Waals surface area contributed by atoms with Gasteiger partial charge in [0.05, 0.1) is 21.9 Å². The number of hydrogen-bond donors (Lipinski definition) is 1. The van der Waals surface area contributed by atoms with Gasteiger partial charge in [-0.05, 0) is 78.0 Å². The molecule has 56 heavy (non-hydrogen) atoms. The van der Waals surface area contributed by atoms with E-state index in [0.717, 1.165) is 83.6 Å². The van der Waals surface area contributed by atoms with E-state index >= 15 is 0 Å². The molecule has 0 unspecified atom stereocenters. The standard InChI is InChI=1S/C20H23IN4OSi.C12H18F2O2Si.C7H18OSi.CH2Cl2/c1-27(2,3)11-10-26-13-25-18-9-8-14(21)12-15(18)19(24-25)20-22-16-6-4-5-7-17(16)23-20;1-17(2,3)5-4-15-9-16-12-7-10(13)6-11(14)8-12;1-5-8-6-7-9(2,3)4;2-1-3/h4-9,12H,10-11,13H2,1-3H3,(H,22,23);6-8H,4-5,9H2,1-3H3;5-7H2,1-4H3;1H2. The monoisotopic (exact) mass is 980 g/mol. The second-order valence-electron chi connectivity index (χ2n) is 16.7. The van der Waals surface area contributed by atoms with Crippen molar-refractivity contribution in [2.24, 2.45) is 0 Å². The Labute approximate surface area is 359 Å². The molecule has 0 saturated heterocycles. The Kier molecular flexibility index (Phi) is 22.3. The molecule has 0 aliphatic rings. The van der Waals surface area contributed by atoms with Crippen LogP contribution in [0.5, 0.6) is 5.75 Å². The van der Waals surface area contributed by atoms with E-state index in [1.807, 2.05) is 35.9 Å².